The second-order valence-electron chi connectivity index (χ2n) is 6.85. The van der Waals surface area contributed by atoms with Crippen LogP contribution in [0.4, 0.5) is 5.69 Å². The van der Waals surface area contributed by atoms with Crippen molar-refractivity contribution in [3.05, 3.63) is 77.5 Å². The quantitative estimate of drug-likeness (QED) is 0.600. The summed E-state index contributed by atoms with van der Waals surface area (Å²) < 4.78 is 5.67. The zero-order valence-electron chi connectivity index (χ0n) is 15.9. The number of anilines is 1. The number of carbonyl (C=O) groups excluding carboxylic acids is 2. The lowest BCUT2D eigenvalue weighted by Crippen LogP contribution is -2.20. The fourth-order valence-corrected chi connectivity index (χ4v) is 4.10. The normalized spacial score (nSPS) is 15.4. The molecule has 0 aliphatic carbocycles. The summed E-state index contributed by atoms with van der Waals surface area (Å²) in [6.45, 7) is 1.77. The van der Waals surface area contributed by atoms with Crippen LogP contribution in [-0.2, 0) is 4.79 Å². The molecule has 1 aliphatic heterocycles. The first-order chi connectivity index (χ1) is 14.1. The number of nitrogens with one attached hydrogen (secondary N) is 1. The average Bonchev–Trinajstić information content (AvgIpc) is 3.27. The lowest BCUT2D eigenvalue weighted by Gasteiger charge is -2.12. The minimum absolute atomic E-state index is 0.0379. The number of aryl methyl sites for hydroxylation is 1. The number of fused-ring (bicyclic) bond motifs is 1. The third kappa shape index (κ3) is 4.49. The van der Waals surface area contributed by atoms with E-state index in [-0.39, 0.29) is 23.5 Å². The van der Waals surface area contributed by atoms with Crippen LogP contribution in [0.25, 0.3) is 10.8 Å². The number of rotatable bonds is 6. The number of benzene rings is 2. The first-order valence-corrected chi connectivity index (χ1v) is 10.3. The van der Waals surface area contributed by atoms with Gasteiger partial charge in [0.25, 0.3) is 5.91 Å². The number of pyridine rings is 1. The van der Waals surface area contributed by atoms with Crippen LogP contribution in [0.2, 0.25) is 0 Å². The van der Waals surface area contributed by atoms with E-state index in [0.29, 0.717) is 17.0 Å². The van der Waals surface area contributed by atoms with Gasteiger partial charge in [-0.1, -0.05) is 12.1 Å². The van der Waals surface area contributed by atoms with Crippen molar-refractivity contribution in [1.82, 2.24) is 4.98 Å². The van der Waals surface area contributed by atoms with Crippen molar-refractivity contribution in [2.75, 3.05) is 11.9 Å². The minimum Gasteiger partial charge on any atom is -0.483 e. The number of hydrogen-bond acceptors (Lipinski definition) is 5. The zero-order chi connectivity index (χ0) is 20.2. The molecular weight excluding hydrogens is 384 g/mol. The highest BCUT2D eigenvalue weighted by Crippen LogP contribution is 2.29. The van der Waals surface area contributed by atoms with Crippen LogP contribution in [0, 0.1) is 6.92 Å². The number of thioether (sulfide) groups is 1. The standard InChI is InChI=1S/C23H20N2O3S/c1-15-11-17(23(27)21-3-2-10-29-21)5-7-20(15)28-14-22(26)25-19-6-4-16-8-9-24-13-18(16)12-19/h2,4-13,21H,3,14H2,1H3,(H,25,26). The number of aromatic nitrogens is 1. The number of Topliss-reactive ketones (excluding diaryl/α,β-unsaturated/α-hetero) is 1. The molecule has 0 saturated carbocycles. The molecule has 2 aromatic carbocycles. The predicted molar refractivity (Wildman–Crippen MR) is 117 cm³/mol. The number of amides is 1. The fourth-order valence-electron chi connectivity index (χ4n) is 3.21. The number of carbonyl (C=O) groups is 2. The minimum atomic E-state index is -0.249. The smallest absolute Gasteiger partial charge is 0.262 e. The van der Waals surface area contributed by atoms with Gasteiger partial charge >= 0.3 is 0 Å². The van der Waals surface area contributed by atoms with Crippen LogP contribution in [0.1, 0.15) is 22.3 Å². The molecule has 0 radical (unpaired) electrons. The van der Waals surface area contributed by atoms with Gasteiger partial charge in [0.2, 0.25) is 0 Å². The summed E-state index contributed by atoms with van der Waals surface area (Å²) in [5, 5.41) is 6.78. The van der Waals surface area contributed by atoms with Crippen molar-refractivity contribution in [3.63, 3.8) is 0 Å². The van der Waals surface area contributed by atoms with E-state index in [2.05, 4.69) is 10.3 Å². The van der Waals surface area contributed by atoms with Gasteiger partial charge in [0, 0.05) is 29.0 Å². The summed E-state index contributed by atoms with van der Waals surface area (Å²) in [6, 6.07) is 12.9. The van der Waals surface area contributed by atoms with Gasteiger partial charge in [-0.3, -0.25) is 14.6 Å². The molecule has 1 aliphatic rings. The highest BCUT2D eigenvalue weighted by Gasteiger charge is 2.22. The molecule has 0 saturated heterocycles. The van der Waals surface area contributed by atoms with Crippen LogP contribution in [0.15, 0.2) is 66.3 Å². The summed E-state index contributed by atoms with van der Waals surface area (Å²) >= 11 is 1.55. The maximum Gasteiger partial charge on any atom is 0.262 e. The monoisotopic (exact) mass is 404 g/mol. The van der Waals surface area contributed by atoms with Crippen molar-refractivity contribution in [3.8, 4) is 5.75 Å². The van der Waals surface area contributed by atoms with E-state index in [4.69, 9.17) is 4.74 Å². The SMILES string of the molecule is Cc1cc(C(=O)C2CC=CS2)ccc1OCC(=O)Nc1ccc2ccncc2c1. The average molecular weight is 404 g/mol. The molecule has 29 heavy (non-hydrogen) atoms. The lowest BCUT2D eigenvalue weighted by atomic mass is 10.0. The van der Waals surface area contributed by atoms with Gasteiger partial charge in [-0.05, 0) is 66.1 Å². The second kappa shape index (κ2) is 8.49. The molecule has 146 valence electrons. The van der Waals surface area contributed by atoms with E-state index >= 15 is 0 Å². The van der Waals surface area contributed by atoms with Crippen molar-refractivity contribution in [2.24, 2.45) is 0 Å². The number of allylic oxidation sites excluding steroid dienone is 1. The summed E-state index contributed by atoms with van der Waals surface area (Å²) in [4.78, 5) is 28.9. The van der Waals surface area contributed by atoms with E-state index < -0.39 is 0 Å². The Bertz CT molecular complexity index is 1100. The largest absolute Gasteiger partial charge is 0.483 e. The molecule has 6 heteroatoms. The molecule has 1 aromatic heterocycles. The topological polar surface area (TPSA) is 68.3 Å². The highest BCUT2D eigenvalue weighted by atomic mass is 32.2. The van der Waals surface area contributed by atoms with E-state index in [1.807, 2.05) is 48.7 Å². The predicted octanol–water partition coefficient (Wildman–Crippen LogP) is 4.76. The Labute approximate surface area is 173 Å². The molecule has 1 unspecified atom stereocenters. The Morgan fingerprint density at radius 1 is 1.17 bits per heavy atom. The van der Waals surface area contributed by atoms with Crippen LogP contribution < -0.4 is 10.1 Å². The molecule has 2 heterocycles. The van der Waals surface area contributed by atoms with E-state index in [1.54, 1.807) is 36.3 Å². The molecule has 4 rings (SSSR count). The van der Waals surface area contributed by atoms with Crippen molar-refractivity contribution >= 4 is 39.9 Å². The first kappa shape index (κ1) is 19.2. The Hall–Kier alpha value is -3.12. The van der Waals surface area contributed by atoms with Gasteiger partial charge in [-0.15, -0.1) is 11.8 Å². The molecule has 0 fully saturated rings. The Kier molecular flexibility index (Phi) is 5.62. The zero-order valence-corrected chi connectivity index (χ0v) is 16.7. The first-order valence-electron chi connectivity index (χ1n) is 9.32. The molecule has 0 spiro atoms. The number of nitrogens with zero attached hydrogens (tertiary/aromatic N) is 1. The molecular formula is C23H20N2O3S. The van der Waals surface area contributed by atoms with Gasteiger partial charge in [-0.25, -0.2) is 0 Å². The molecule has 3 aromatic rings. The number of hydrogen-bond donors (Lipinski definition) is 1. The van der Waals surface area contributed by atoms with E-state index in [0.717, 1.165) is 22.8 Å². The van der Waals surface area contributed by atoms with Crippen LogP contribution in [0.5, 0.6) is 5.75 Å². The van der Waals surface area contributed by atoms with Gasteiger partial charge in [0.15, 0.2) is 12.4 Å². The number of ketones is 1. The maximum atomic E-state index is 12.5. The second-order valence-corrected chi connectivity index (χ2v) is 7.96. The van der Waals surface area contributed by atoms with E-state index in [9.17, 15) is 9.59 Å². The van der Waals surface area contributed by atoms with Crippen LogP contribution >= 0.6 is 11.8 Å². The molecule has 1 N–H and O–H groups in total. The van der Waals surface area contributed by atoms with Crippen LogP contribution in [0.3, 0.4) is 0 Å². The summed E-state index contributed by atoms with van der Waals surface area (Å²) in [7, 11) is 0. The summed E-state index contributed by atoms with van der Waals surface area (Å²) in [5.41, 5.74) is 2.20. The van der Waals surface area contributed by atoms with Crippen molar-refractivity contribution in [1.29, 1.82) is 0 Å². The Balaban J connectivity index is 1.36. The van der Waals surface area contributed by atoms with Crippen molar-refractivity contribution < 1.29 is 14.3 Å². The molecule has 0 bridgehead atoms. The van der Waals surface area contributed by atoms with E-state index in [1.165, 1.54) is 0 Å². The molecule has 5 nitrogen and oxygen atoms in total. The van der Waals surface area contributed by atoms with Crippen molar-refractivity contribution in [2.45, 2.75) is 18.6 Å². The Morgan fingerprint density at radius 2 is 2.07 bits per heavy atom. The van der Waals surface area contributed by atoms with Crippen LogP contribution in [-0.4, -0.2) is 28.5 Å². The van der Waals surface area contributed by atoms with Gasteiger partial charge in [-0.2, -0.15) is 0 Å². The molecule has 1 amide bonds. The number of ether oxygens (including phenoxy) is 1. The third-order valence-corrected chi connectivity index (χ3v) is 5.81. The van der Waals surface area contributed by atoms with Gasteiger partial charge in [0.1, 0.15) is 5.75 Å². The van der Waals surface area contributed by atoms with Gasteiger partial charge in [0.05, 0.1) is 5.25 Å². The fraction of sp³-hybridized carbons (Fsp3) is 0.174. The molecule has 1 atom stereocenters. The lowest BCUT2D eigenvalue weighted by molar-refractivity contribution is -0.118. The Morgan fingerprint density at radius 3 is 2.86 bits per heavy atom. The summed E-state index contributed by atoms with van der Waals surface area (Å²) in [5.74, 6) is 0.469. The highest BCUT2D eigenvalue weighted by molar-refractivity contribution is 8.03. The summed E-state index contributed by atoms with van der Waals surface area (Å²) in [6.07, 6.45) is 6.28. The third-order valence-electron chi connectivity index (χ3n) is 4.72. The maximum absolute atomic E-state index is 12.5. The van der Waals surface area contributed by atoms with Gasteiger partial charge < -0.3 is 10.1 Å².